The smallest absolute Gasteiger partial charge is 0.133 e. The van der Waals surface area contributed by atoms with Crippen molar-refractivity contribution in [1.82, 2.24) is 9.78 Å². The third kappa shape index (κ3) is 3.11. The first-order valence-electron chi connectivity index (χ1n) is 7.86. The van der Waals surface area contributed by atoms with Crippen LogP contribution in [0.5, 0.6) is 0 Å². The van der Waals surface area contributed by atoms with E-state index in [4.69, 9.17) is 28.3 Å². The van der Waals surface area contributed by atoms with E-state index in [1.54, 1.807) is 0 Å². The first-order chi connectivity index (χ1) is 10.6. The highest BCUT2D eigenvalue weighted by atomic mass is 35.5. The summed E-state index contributed by atoms with van der Waals surface area (Å²) in [6.45, 7) is 5.45. The maximum atomic E-state index is 6.18. The number of benzene rings is 1. The lowest BCUT2D eigenvalue weighted by Crippen LogP contribution is -2.07. The van der Waals surface area contributed by atoms with Gasteiger partial charge in [-0.25, -0.2) is 4.68 Å². The number of rotatable bonds is 3. The second-order valence-electron chi connectivity index (χ2n) is 6.27. The molecule has 22 heavy (non-hydrogen) atoms. The van der Waals surface area contributed by atoms with E-state index < -0.39 is 0 Å². The largest absolute Gasteiger partial charge is 0.370 e. The van der Waals surface area contributed by atoms with E-state index in [9.17, 15) is 0 Å². The number of fused-ring (bicyclic) bond motifs is 1. The predicted molar refractivity (Wildman–Crippen MR) is 93.6 cm³/mol. The molecule has 0 bridgehead atoms. The van der Waals surface area contributed by atoms with Crippen LogP contribution < -0.4 is 5.32 Å². The van der Waals surface area contributed by atoms with E-state index in [0.29, 0.717) is 16.0 Å². The minimum absolute atomic E-state index is 0.558. The third-order valence-corrected chi connectivity index (χ3v) is 4.70. The zero-order chi connectivity index (χ0) is 15.7. The number of nitrogens with zero attached hydrogens (tertiary/aromatic N) is 2. The van der Waals surface area contributed by atoms with Crippen molar-refractivity contribution in [3.63, 3.8) is 0 Å². The normalized spacial score (nSPS) is 14.6. The molecule has 0 saturated carbocycles. The van der Waals surface area contributed by atoms with E-state index >= 15 is 0 Å². The van der Waals surface area contributed by atoms with Crippen molar-refractivity contribution < 1.29 is 0 Å². The molecule has 0 aliphatic carbocycles. The zero-order valence-electron chi connectivity index (χ0n) is 13.0. The summed E-state index contributed by atoms with van der Waals surface area (Å²) in [5.41, 5.74) is 3.51. The van der Waals surface area contributed by atoms with Crippen molar-refractivity contribution in [2.45, 2.75) is 39.5 Å². The van der Waals surface area contributed by atoms with Crippen molar-refractivity contribution in [2.75, 3.05) is 11.9 Å². The Balaban J connectivity index is 2.10. The molecule has 0 radical (unpaired) electrons. The van der Waals surface area contributed by atoms with Gasteiger partial charge in [-0.3, -0.25) is 0 Å². The van der Waals surface area contributed by atoms with Gasteiger partial charge in [-0.2, -0.15) is 5.10 Å². The van der Waals surface area contributed by atoms with Crippen LogP contribution in [0.4, 0.5) is 5.82 Å². The maximum absolute atomic E-state index is 6.18. The fourth-order valence-corrected chi connectivity index (χ4v) is 3.22. The third-order valence-electron chi connectivity index (χ3n) is 3.96. The van der Waals surface area contributed by atoms with Gasteiger partial charge in [0.05, 0.1) is 21.4 Å². The molecule has 0 unspecified atom stereocenters. The summed E-state index contributed by atoms with van der Waals surface area (Å²) in [6.07, 6.45) is 4.49. The van der Waals surface area contributed by atoms with Crippen LogP contribution in [-0.2, 0) is 12.8 Å². The van der Waals surface area contributed by atoms with Gasteiger partial charge in [0.15, 0.2) is 0 Å². The first kappa shape index (κ1) is 15.7. The number of nitrogens with one attached hydrogen (secondary N) is 1. The van der Waals surface area contributed by atoms with Crippen molar-refractivity contribution in [3.05, 3.63) is 39.5 Å². The number of anilines is 1. The lowest BCUT2D eigenvalue weighted by Gasteiger charge is -2.10. The van der Waals surface area contributed by atoms with Gasteiger partial charge in [0.1, 0.15) is 5.82 Å². The molecule has 3 nitrogen and oxygen atoms in total. The molecule has 0 saturated heterocycles. The molecule has 1 aliphatic heterocycles. The van der Waals surface area contributed by atoms with E-state index in [1.807, 2.05) is 22.9 Å². The molecular weight excluding hydrogens is 317 g/mol. The van der Waals surface area contributed by atoms with Crippen molar-refractivity contribution >= 4 is 29.0 Å². The summed E-state index contributed by atoms with van der Waals surface area (Å²) in [4.78, 5) is 0. The van der Waals surface area contributed by atoms with Crippen LogP contribution >= 0.6 is 23.2 Å². The number of halogens is 2. The minimum Gasteiger partial charge on any atom is -0.370 e. The highest BCUT2D eigenvalue weighted by molar-refractivity contribution is 6.42. The molecule has 1 aliphatic rings. The summed E-state index contributed by atoms with van der Waals surface area (Å²) in [5, 5.41) is 9.54. The molecule has 2 heterocycles. The molecule has 1 aromatic heterocycles. The average molecular weight is 338 g/mol. The highest BCUT2D eigenvalue weighted by Crippen LogP contribution is 2.31. The lowest BCUT2D eigenvalue weighted by molar-refractivity contribution is 0.622. The second kappa shape index (κ2) is 6.51. The lowest BCUT2D eigenvalue weighted by atomic mass is 10.0. The fourth-order valence-electron chi connectivity index (χ4n) is 2.93. The Kier molecular flexibility index (Phi) is 4.65. The fraction of sp³-hybridized carbons (Fsp3) is 0.471. The summed E-state index contributed by atoms with van der Waals surface area (Å²) in [7, 11) is 0. The van der Waals surface area contributed by atoms with E-state index in [1.165, 1.54) is 24.1 Å². The maximum Gasteiger partial charge on any atom is 0.133 e. The van der Waals surface area contributed by atoms with Crippen LogP contribution in [0.1, 0.15) is 37.9 Å². The predicted octanol–water partition coefficient (Wildman–Crippen LogP) is 5.13. The molecule has 5 heteroatoms. The Morgan fingerprint density at radius 2 is 2.05 bits per heavy atom. The molecule has 1 N–H and O–H groups in total. The summed E-state index contributed by atoms with van der Waals surface area (Å²) < 4.78 is 1.99. The Bertz CT molecular complexity index is 677. The summed E-state index contributed by atoms with van der Waals surface area (Å²) in [5.74, 6) is 1.70. The van der Waals surface area contributed by atoms with Crippen LogP contribution in [0.3, 0.4) is 0 Å². The SMILES string of the molecule is CC(C)Cc1nn(-c2ccc(Cl)c(Cl)c2)c2c1CCCCN2. The van der Waals surface area contributed by atoms with Gasteiger partial charge in [0.25, 0.3) is 0 Å². The van der Waals surface area contributed by atoms with Gasteiger partial charge < -0.3 is 5.32 Å². The quantitative estimate of drug-likeness (QED) is 0.841. The zero-order valence-corrected chi connectivity index (χ0v) is 14.5. The standard InChI is InChI=1S/C17H21Cl2N3/c1-11(2)9-16-13-5-3-4-8-20-17(13)22(21-16)12-6-7-14(18)15(19)10-12/h6-7,10-11,20H,3-5,8-9H2,1-2H3. The van der Waals surface area contributed by atoms with E-state index in [-0.39, 0.29) is 0 Å². The number of hydrogen-bond acceptors (Lipinski definition) is 2. The van der Waals surface area contributed by atoms with Gasteiger partial charge in [0.2, 0.25) is 0 Å². The molecule has 0 fully saturated rings. The van der Waals surface area contributed by atoms with Gasteiger partial charge >= 0.3 is 0 Å². The van der Waals surface area contributed by atoms with E-state index in [0.717, 1.165) is 30.9 Å². The molecule has 3 rings (SSSR count). The van der Waals surface area contributed by atoms with Crippen LogP contribution in [0.2, 0.25) is 10.0 Å². The number of hydrogen-bond donors (Lipinski definition) is 1. The average Bonchev–Trinajstić information content (AvgIpc) is 2.66. The van der Waals surface area contributed by atoms with Crippen molar-refractivity contribution in [2.24, 2.45) is 5.92 Å². The monoisotopic (exact) mass is 337 g/mol. The van der Waals surface area contributed by atoms with E-state index in [2.05, 4.69) is 19.2 Å². The van der Waals surface area contributed by atoms with Crippen LogP contribution in [0.15, 0.2) is 18.2 Å². The van der Waals surface area contributed by atoms with Gasteiger partial charge in [-0.1, -0.05) is 37.0 Å². The molecule has 0 atom stereocenters. The molecular formula is C17H21Cl2N3. The Labute approximate surface area is 141 Å². The van der Waals surface area contributed by atoms with Crippen LogP contribution in [-0.4, -0.2) is 16.3 Å². The van der Waals surface area contributed by atoms with Crippen LogP contribution in [0, 0.1) is 5.92 Å². The van der Waals surface area contributed by atoms with Gasteiger partial charge in [-0.15, -0.1) is 0 Å². The van der Waals surface area contributed by atoms with Gasteiger partial charge in [-0.05, 0) is 49.8 Å². The Morgan fingerprint density at radius 1 is 1.23 bits per heavy atom. The molecule has 0 spiro atoms. The van der Waals surface area contributed by atoms with Gasteiger partial charge in [0, 0.05) is 12.1 Å². The Morgan fingerprint density at radius 3 is 2.77 bits per heavy atom. The second-order valence-corrected chi connectivity index (χ2v) is 7.08. The summed E-state index contributed by atoms with van der Waals surface area (Å²) >= 11 is 12.2. The molecule has 118 valence electrons. The molecule has 2 aromatic rings. The first-order valence-corrected chi connectivity index (χ1v) is 8.62. The number of aromatic nitrogens is 2. The minimum atomic E-state index is 0.558. The van der Waals surface area contributed by atoms with Crippen molar-refractivity contribution in [1.29, 1.82) is 0 Å². The highest BCUT2D eigenvalue weighted by Gasteiger charge is 2.21. The topological polar surface area (TPSA) is 29.9 Å². The molecule has 1 aromatic carbocycles. The van der Waals surface area contributed by atoms with Crippen LogP contribution in [0.25, 0.3) is 5.69 Å². The van der Waals surface area contributed by atoms with Crippen molar-refractivity contribution in [3.8, 4) is 5.69 Å². The molecule has 0 amide bonds. The summed E-state index contributed by atoms with van der Waals surface area (Å²) in [6, 6.07) is 5.67. The Hall–Kier alpha value is -1.19.